The molecule has 216 valence electrons. The van der Waals surface area contributed by atoms with Crippen molar-refractivity contribution in [2.24, 2.45) is 0 Å². The molecule has 1 unspecified atom stereocenters. The Hall–Kier alpha value is -3.02. The second-order valence-electron chi connectivity index (χ2n) is 8.71. The monoisotopic (exact) mass is 644 g/mol. The number of ether oxygens (including phenoxy) is 1. The van der Waals surface area contributed by atoms with E-state index >= 15 is 0 Å². The van der Waals surface area contributed by atoms with Gasteiger partial charge in [0, 0.05) is 22.2 Å². The predicted molar refractivity (Wildman–Crippen MR) is 141 cm³/mol. The molecule has 2 heterocycles. The molecule has 0 bridgehead atoms. The third-order valence-corrected chi connectivity index (χ3v) is 10.9. The van der Waals surface area contributed by atoms with Gasteiger partial charge in [-0.3, -0.25) is 0 Å². The zero-order chi connectivity index (χ0) is 30.2. The first kappa shape index (κ1) is 30.9. The van der Waals surface area contributed by atoms with Gasteiger partial charge in [-0.05, 0) is 49.9 Å². The zero-order valence-electron chi connectivity index (χ0n) is 20.9. The van der Waals surface area contributed by atoms with Gasteiger partial charge >= 0.3 is 6.18 Å². The fraction of sp³-hybridized carbons (Fsp3) is 0.200. The Morgan fingerprint density at radius 2 is 1.88 bits per heavy atom. The molecule has 4 rings (SSSR count). The molecular weight excluding hydrogens is 626 g/mol. The van der Waals surface area contributed by atoms with Gasteiger partial charge in [0.2, 0.25) is 0 Å². The van der Waals surface area contributed by atoms with E-state index in [1.54, 1.807) is 16.9 Å². The van der Waals surface area contributed by atoms with Gasteiger partial charge in [-0.1, -0.05) is 23.7 Å². The molecule has 0 saturated carbocycles. The van der Waals surface area contributed by atoms with E-state index in [-0.39, 0.29) is 29.0 Å². The number of aryl methyl sites for hydroxylation is 1. The first-order valence-corrected chi connectivity index (χ1v) is 15.9. The first-order chi connectivity index (χ1) is 19.1. The van der Waals surface area contributed by atoms with Crippen molar-refractivity contribution >= 4 is 50.6 Å². The molecule has 4 aromatic rings. The Morgan fingerprint density at radius 1 is 1.20 bits per heavy atom. The summed E-state index contributed by atoms with van der Waals surface area (Å²) in [5.41, 5.74) is -3.02. The van der Waals surface area contributed by atoms with Crippen LogP contribution in [0, 0.1) is 18.3 Å². The number of alkyl halides is 3. The topological polar surface area (TPSA) is 146 Å². The van der Waals surface area contributed by atoms with Crippen LogP contribution in [-0.2, 0) is 27.3 Å². The lowest BCUT2D eigenvalue weighted by Crippen LogP contribution is -2.35. The zero-order valence-corrected chi connectivity index (χ0v) is 24.2. The van der Waals surface area contributed by atoms with Crippen LogP contribution in [0.5, 0.6) is 5.75 Å². The van der Waals surface area contributed by atoms with E-state index in [1.165, 1.54) is 13.0 Å². The van der Waals surface area contributed by atoms with Crippen molar-refractivity contribution in [2.45, 2.75) is 29.6 Å². The summed E-state index contributed by atoms with van der Waals surface area (Å²) in [5.74, 6) is -2.32. The quantitative estimate of drug-likeness (QED) is 0.214. The van der Waals surface area contributed by atoms with Crippen LogP contribution >= 0.6 is 30.5 Å². The van der Waals surface area contributed by atoms with Gasteiger partial charge in [0.25, 0.3) is 10.0 Å². The first-order valence-electron chi connectivity index (χ1n) is 11.6. The summed E-state index contributed by atoms with van der Waals surface area (Å²) >= 11 is 7.26. The van der Waals surface area contributed by atoms with Gasteiger partial charge in [0.05, 0.1) is 28.0 Å². The summed E-state index contributed by atoms with van der Waals surface area (Å²) in [7, 11) is -10.7. The number of benzene rings is 2. The van der Waals surface area contributed by atoms with Crippen molar-refractivity contribution in [1.29, 1.82) is 5.26 Å². The molecule has 0 fully saturated rings. The molecule has 0 aliphatic rings. The molecule has 2 aromatic carbocycles. The summed E-state index contributed by atoms with van der Waals surface area (Å²) in [6.07, 6.45) is -1.38. The van der Waals surface area contributed by atoms with Crippen LogP contribution in [0.3, 0.4) is 0 Å². The lowest BCUT2D eigenvalue weighted by Gasteiger charge is -2.38. The van der Waals surface area contributed by atoms with Crippen molar-refractivity contribution in [1.82, 2.24) is 4.72 Å². The van der Waals surface area contributed by atoms with E-state index in [1.807, 2.05) is 35.2 Å². The second-order valence-corrected chi connectivity index (χ2v) is 13.6. The number of hydrogen-bond acceptors (Lipinski definition) is 8. The Bertz CT molecular complexity index is 1810. The summed E-state index contributed by atoms with van der Waals surface area (Å²) in [4.78, 5) is 24.2. The Labute approximate surface area is 241 Å². The van der Waals surface area contributed by atoms with Crippen LogP contribution in [0.15, 0.2) is 65.1 Å². The molecule has 1 atom stereocenters. The largest absolute Gasteiger partial charge is 0.809 e. The fourth-order valence-electron chi connectivity index (χ4n) is 4.04. The van der Waals surface area contributed by atoms with Crippen LogP contribution < -0.4 is 23.8 Å². The van der Waals surface area contributed by atoms with E-state index in [4.69, 9.17) is 21.6 Å². The highest BCUT2D eigenvalue weighted by molar-refractivity contribution is 7.92. The molecule has 0 aliphatic heterocycles. The summed E-state index contributed by atoms with van der Waals surface area (Å²) in [6.45, 7) is 2.15. The highest BCUT2D eigenvalue weighted by Crippen LogP contribution is 2.47. The van der Waals surface area contributed by atoms with Crippen molar-refractivity contribution in [3.63, 3.8) is 0 Å². The molecule has 0 spiro atoms. The Balaban J connectivity index is 1.68. The molecule has 0 radical (unpaired) electrons. The minimum atomic E-state index is -5.90. The highest BCUT2D eigenvalue weighted by atomic mass is 35.5. The number of nitrogens with zero attached hydrogens (tertiary/aromatic N) is 2. The van der Waals surface area contributed by atoms with Crippen molar-refractivity contribution < 1.29 is 45.2 Å². The van der Waals surface area contributed by atoms with Crippen molar-refractivity contribution in [2.75, 3.05) is 6.61 Å². The molecule has 1 N–H and O–H groups in total. The van der Waals surface area contributed by atoms with E-state index in [0.29, 0.717) is 22.7 Å². The third-order valence-electron chi connectivity index (χ3n) is 5.95. The molecule has 2 aromatic heterocycles. The molecule has 16 heteroatoms. The highest BCUT2D eigenvalue weighted by Gasteiger charge is 2.36. The van der Waals surface area contributed by atoms with Crippen LogP contribution in [-0.4, -0.2) is 15.0 Å². The van der Waals surface area contributed by atoms with Gasteiger partial charge in [0.1, 0.15) is 16.6 Å². The number of pyridine rings is 1. The van der Waals surface area contributed by atoms with Crippen LogP contribution in [0.1, 0.15) is 28.0 Å². The molecule has 9 nitrogen and oxygen atoms in total. The number of halogens is 4. The Kier molecular flexibility index (Phi) is 8.82. The van der Waals surface area contributed by atoms with Gasteiger partial charge in [0.15, 0.2) is 18.9 Å². The summed E-state index contributed by atoms with van der Waals surface area (Å²) < 4.78 is 88.5. The standard InChI is InChI=1S/C25H20ClF3N3O6PS2/c1-15-21-20(8-7-19(22(21)26)38-12-11-32-9-3-2-4-10-32)40-24(15)41(36,37)31-23(39(33,34)35)16-5-6-17(14-30)18(13-16)25(27,28)29/h2-10,13,23,31H,11-12H2,1H3,(H-,33,34,35)/p-1. The van der Waals surface area contributed by atoms with E-state index < -0.39 is 50.5 Å². The average Bonchev–Trinajstić information content (AvgIpc) is 3.25. The Morgan fingerprint density at radius 3 is 2.49 bits per heavy atom. The third kappa shape index (κ3) is 6.73. The minimum absolute atomic E-state index is 0.104. The van der Waals surface area contributed by atoms with Crippen LogP contribution in [0.25, 0.3) is 10.1 Å². The number of fused-ring (bicyclic) bond motifs is 1. The van der Waals surface area contributed by atoms with Crippen molar-refractivity contribution in [3.05, 3.63) is 88.2 Å². The summed E-state index contributed by atoms with van der Waals surface area (Å²) in [6, 6.07) is 11.7. The van der Waals surface area contributed by atoms with E-state index in [0.717, 1.165) is 17.4 Å². The maximum atomic E-state index is 13.4. The maximum Gasteiger partial charge on any atom is 0.417 e. The fourth-order valence-corrected chi connectivity index (χ4v) is 8.76. The molecular formula is C25H19ClF3N3O6PS2-. The second kappa shape index (κ2) is 11.7. The van der Waals surface area contributed by atoms with E-state index in [2.05, 4.69) is 0 Å². The minimum Gasteiger partial charge on any atom is -0.809 e. The SMILES string of the molecule is Cc1c(S(=O)(=O)NC(c2ccc(C#N)c(C(F)(F)F)c2)P(=O)([O-])[O-])sc2ccc(OCC[n+]3ccccc3)c(Cl)c12. The van der Waals surface area contributed by atoms with Gasteiger partial charge in [-0.25, -0.2) is 13.0 Å². The number of nitrogens with one attached hydrogen (secondary N) is 1. The van der Waals surface area contributed by atoms with Crippen LogP contribution in [0.2, 0.25) is 5.02 Å². The molecule has 41 heavy (non-hydrogen) atoms. The number of thiophene rings is 1. The number of rotatable bonds is 9. The average molecular weight is 645 g/mol. The number of sulfonamides is 1. The number of hydrogen-bond donors (Lipinski definition) is 1. The lowest BCUT2D eigenvalue weighted by atomic mass is 10.0. The summed E-state index contributed by atoms with van der Waals surface area (Å²) in [5, 5.41) is 9.40. The normalized spacial score (nSPS) is 13.2. The van der Waals surface area contributed by atoms with Crippen molar-refractivity contribution in [3.8, 4) is 11.8 Å². The number of nitriles is 1. The van der Waals surface area contributed by atoms with E-state index in [9.17, 15) is 35.9 Å². The van der Waals surface area contributed by atoms with Gasteiger partial charge < -0.3 is 19.1 Å². The molecule has 0 aliphatic carbocycles. The van der Waals surface area contributed by atoms with Gasteiger partial charge in [-0.2, -0.15) is 23.2 Å². The smallest absolute Gasteiger partial charge is 0.417 e. The predicted octanol–water partition coefficient (Wildman–Crippen LogP) is 4.01. The van der Waals surface area contributed by atoms with Crippen LogP contribution in [0.4, 0.5) is 13.2 Å². The number of aromatic nitrogens is 1. The lowest BCUT2D eigenvalue weighted by molar-refractivity contribution is -0.697. The molecule has 0 amide bonds. The van der Waals surface area contributed by atoms with Gasteiger partial charge in [-0.15, -0.1) is 11.3 Å². The molecule has 0 saturated heterocycles. The maximum absolute atomic E-state index is 13.4.